The Labute approximate surface area is 412 Å². The molecule has 70 heavy (non-hydrogen) atoms. The van der Waals surface area contributed by atoms with Crippen LogP contribution in [0.1, 0.15) is 66.7 Å². The lowest BCUT2D eigenvalue weighted by atomic mass is 9.75. The van der Waals surface area contributed by atoms with Crippen LogP contribution in [0.25, 0.3) is 0 Å². The smallest absolute Gasteiger partial charge is 0.348 e. The lowest BCUT2D eigenvalue weighted by Gasteiger charge is -2.37. The van der Waals surface area contributed by atoms with Crippen molar-refractivity contribution in [3.05, 3.63) is 190 Å². The summed E-state index contributed by atoms with van der Waals surface area (Å²) in [6.45, 7) is 1.15. The average Bonchev–Trinajstić information content (AvgIpc) is 4.30. The molecule has 6 aromatic carbocycles. The van der Waals surface area contributed by atoms with Crippen LogP contribution >= 0.6 is 23.2 Å². The minimum absolute atomic E-state index is 0.0794. The molecule has 9 nitrogen and oxygen atoms in total. The van der Waals surface area contributed by atoms with Gasteiger partial charge in [0.25, 0.3) is 5.67 Å². The zero-order chi connectivity index (χ0) is 50.2. The molecule has 366 valence electrons. The lowest BCUT2D eigenvalue weighted by Crippen LogP contribution is -2.54. The normalized spacial score (nSPS) is 16.6. The van der Waals surface area contributed by atoms with Crippen molar-refractivity contribution in [3.63, 3.8) is 0 Å². The highest BCUT2D eigenvalue weighted by Gasteiger charge is 2.60. The first-order valence-electron chi connectivity index (χ1n) is 22.6. The van der Waals surface area contributed by atoms with Gasteiger partial charge in [0.15, 0.2) is 29.2 Å². The Morgan fingerprint density at radius 2 is 1.04 bits per heavy atom. The van der Waals surface area contributed by atoms with E-state index in [0.29, 0.717) is 69.5 Å². The number of carbonyl (C=O) groups excluding carboxylic acids is 2. The number of carboxylic acid groups (broad SMARTS) is 1. The van der Waals surface area contributed by atoms with Gasteiger partial charge in [-0.2, -0.15) is 0 Å². The summed E-state index contributed by atoms with van der Waals surface area (Å²) in [6, 6.07) is 38.1. The molecule has 0 saturated heterocycles. The number of benzene rings is 6. The molecule has 6 aromatic rings. The van der Waals surface area contributed by atoms with Crippen LogP contribution in [0.2, 0.25) is 10.0 Å². The van der Waals surface area contributed by atoms with Crippen LogP contribution in [0.3, 0.4) is 0 Å². The molecule has 0 amide bonds. The summed E-state index contributed by atoms with van der Waals surface area (Å²) in [5, 5.41) is 21.7. The Hall–Kier alpha value is -6.41. The Bertz CT molecular complexity index is 2740. The van der Waals surface area contributed by atoms with E-state index in [1.54, 1.807) is 109 Å². The van der Waals surface area contributed by atoms with E-state index in [1.165, 1.54) is 30.3 Å². The van der Waals surface area contributed by atoms with Gasteiger partial charge in [0.05, 0.1) is 7.11 Å². The molecule has 6 atom stereocenters. The van der Waals surface area contributed by atoms with Crippen molar-refractivity contribution in [2.45, 2.75) is 80.8 Å². The van der Waals surface area contributed by atoms with E-state index in [4.69, 9.17) is 42.1 Å². The maximum absolute atomic E-state index is 17.3. The SMILES string of the molecule is COC(=O)C(F)(C(Cc1ccc(F)c(Oc2ccccc2)c1)OC(C)=O)[C@H](c1ccc(Cl)cc1)C1CC1.O=C(O)C(F)(C(O)Cc1ccc(F)c(Oc2ccccc2)c1)[C@H](c1ccc(Cl)cc1)C1CC1. The van der Waals surface area contributed by atoms with Crippen LogP contribution in [-0.4, -0.2) is 58.8 Å². The minimum atomic E-state index is -2.94. The van der Waals surface area contributed by atoms with Crippen molar-refractivity contribution < 1.29 is 61.1 Å². The van der Waals surface area contributed by atoms with Gasteiger partial charge in [-0.1, -0.05) is 96.0 Å². The van der Waals surface area contributed by atoms with Crippen LogP contribution < -0.4 is 9.47 Å². The quantitative estimate of drug-likeness (QED) is 0.0602. The van der Waals surface area contributed by atoms with E-state index in [0.717, 1.165) is 20.1 Å². The number of para-hydroxylation sites is 2. The van der Waals surface area contributed by atoms with Crippen molar-refractivity contribution >= 4 is 41.1 Å². The molecule has 0 aromatic heterocycles. The van der Waals surface area contributed by atoms with Crippen LogP contribution in [0.4, 0.5) is 17.6 Å². The van der Waals surface area contributed by atoms with E-state index in [2.05, 4.69) is 0 Å². The highest BCUT2D eigenvalue weighted by molar-refractivity contribution is 6.30. The predicted molar refractivity (Wildman–Crippen MR) is 256 cm³/mol. The Balaban J connectivity index is 0.000000208. The van der Waals surface area contributed by atoms with Gasteiger partial charge in [0.2, 0.25) is 5.67 Å². The van der Waals surface area contributed by atoms with Crippen LogP contribution in [-0.2, 0) is 36.7 Å². The van der Waals surface area contributed by atoms with E-state index in [9.17, 15) is 33.4 Å². The third-order valence-corrected chi connectivity index (χ3v) is 12.9. The summed E-state index contributed by atoms with van der Waals surface area (Å²) < 4.78 is 84.0. The second-order valence-electron chi connectivity index (χ2n) is 17.4. The molecule has 0 bridgehead atoms. The summed E-state index contributed by atoms with van der Waals surface area (Å²) in [5.41, 5.74) is -3.88. The second kappa shape index (κ2) is 22.6. The fourth-order valence-electron chi connectivity index (χ4n) is 8.81. The van der Waals surface area contributed by atoms with Gasteiger partial charge < -0.3 is 29.2 Å². The topological polar surface area (TPSA) is 129 Å². The number of alkyl halides is 2. The molecule has 15 heteroatoms. The number of ether oxygens (including phenoxy) is 4. The number of aliphatic hydroxyl groups excluding tert-OH is 1. The summed E-state index contributed by atoms with van der Waals surface area (Å²) in [6.07, 6.45) is -1.21. The molecule has 2 aliphatic rings. The largest absolute Gasteiger partial charge is 0.479 e. The standard InChI is InChI=1S/C29H27ClF2O5.C26H23ClF2O4/c1-18(33)36-26(17-19-8-15-24(31)25(16-19)37-23-6-4-3-5-7-23)29(32,28(34)35-2)27(20-9-10-20)21-11-13-22(30)14-12-21;27-19-11-9-18(10-12-19)24(17-7-8-17)26(29,25(31)32)23(30)15-16-6-13-21(28)22(14-16)33-20-4-2-1-3-5-20/h3-8,11-16,20,26-27H,9-10,17H2,1-2H3;1-6,9-14,17,23-24,30H,7-8,15H2,(H,31,32)/t26?,27-,29?;23?,24-,26?/m00/s1. The van der Waals surface area contributed by atoms with Crippen molar-refractivity contribution in [3.8, 4) is 23.0 Å². The van der Waals surface area contributed by atoms with Crippen molar-refractivity contribution in [2.24, 2.45) is 11.8 Å². The molecule has 2 N–H and O–H groups in total. The van der Waals surface area contributed by atoms with Gasteiger partial charge in [0.1, 0.15) is 17.6 Å². The van der Waals surface area contributed by atoms with E-state index in [-0.39, 0.29) is 36.2 Å². The van der Waals surface area contributed by atoms with Gasteiger partial charge in [0, 0.05) is 41.6 Å². The minimum Gasteiger partial charge on any atom is -0.479 e. The molecule has 0 spiro atoms. The van der Waals surface area contributed by atoms with Crippen LogP contribution in [0.15, 0.2) is 146 Å². The molecule has 2 saturated carbocycles. The molecule has 0 aliphatic heterocycles. The first kappa shape index (κ1) is 51.4. The van der Waals surface area contributed by atoms with Crippen molar-refractivity contribution in [2.75, 3.05) is 7.11 Å². The number of halogens is 6. The highest BCUT2D eigenvalue weighted by Crippen LogP contribution is 2.53. The maximum Gasteiger partial charge on any atom is 0.348 e. The number of methoxy groups -OCH3 is 1. The number of carbonyl (C=O) groups is 3. The second-order valence-corrected chi connectivity index (χ2v) is 18.3. The van der Waals surface area contributed by atoms with Gasteiger partial charge in [-0.15, -0.1) is 0 Å². The number of hydrogen-bond donors (Lipinski definition) is 2. The Kier molecular flexibility index (Phi) is 16.6. The third-order valence-electron chi connectivity index (χ3n) is 12.4. The van der Waals surface area contributed by atoms with Crippen LogP contribution in [0, 0.1) is 23.5 Å². The number of hydrogen-bond acceptors (Lipinski definition) is 8. The predicted octanol–water partition coefficient (Wildman–Crippen LogP) is 13.0. The number of esters is 2. The first-order valence-corrected chi connectivity index (χ1v) is 23.3. The Morgan fingerprint density at radius 3 is 1.43 bits per heavy atom. The number of carboxylic acids is 1. The fraction of sp³-hybridized carbons (Fsp3) is 0.291. The molecular weight excluding hydrogens is 951 g/mol. The molecule has 8 rings (SSSR count). The third kappa shape index (κ3) is 12.3. The van der Waals surface area contributed by atoms with Crippen LogP contribution in [0.5, 0.6) is 23.0 Å². The highest BCUT2D eigenvalue weighted by atomic mass is 35.5. The summed E-state index contributed by atoms with van der Waals surface area (Å²) in [7, 11) is 1.09. The molecule has 0 radical (unpaired) electrons. The van der Waals surface area contributed by atoms with E-state index < -0.39 is 64.9 Å². The van der Waals surface area contributed by atoms with E-state index >= 15 is 8.78 Å². The zero-order valence-corrected chi connectivity index (χ0v) is 39.6. The van der Waals surface area contributed by atoms with Gasteiger partial charge in [-0.05, 0) is 133 Å². The molecule has 0 heterocycles. The molecule has 2 fully saturated rings. The summed E-state index contributed by atoms with van der Waals surface area (Å²) in [5.74, 6) is -6.57. The summed E-state index contributed by atoms with van der Waals surface area (Å²) >= 11 is 12.0. The first-order chi connectivity index (χ1) is 33.5. The van der Waals surface area contributed by atoms with Crippen molar-refractivity contribution in [1.82, 2.24) is 0 Å². The number of rotatable bonds is 19. The zero-order valence-electron chi connectivity index (χ0n) is 38.1. The maximum atomic E-state index is 17.3. The van der Waals surface area contributed by atoms with E-state index in [1.807, 2.05) is 0 Å². The fourth-order valence-corrected chi connectivity index (χ4v) is 9.06. The lowest BCUT2D eigenvalue weighted by molar-refractivity contribution is -0.177. The van der Waals surface area contributed by atoms with Gasteiger partial charge >= 0.3 is 17.9 Å². The number of aliphatic carboxylic acids is 1. The Morgan fingerprint density at radius 1 is 0.629 bits per heavy atom. The molecular formula is C55H50Cl2F4O9. The summed E-state index contributed by atoms with van der Waals surface area (Å²) in [4.78, 5) is 37.4. The molecule has 2 aliphatic carbocycles. The average molecular weight is 1000 g/mol. The van der Waals surface area contributed by atoms with Crippen molar-refractivity contribution in [1.29, 1.82) is 0 Å². The molecule has 4 unspecified atom stereocenters. The van der Waals surface area contributed by atoms with Gasteiger partial charge in [-0.3, -0.25) is 4.79 Å². The monoisotopic (exact) mass is 1000 g/mol. The number of aliphatic hydroxyl groups is 1. The van der Waals surface area contributed by atoms with Gasteiger partial charge in [-0.25, -0.2) is 27.2 Å².